The lowest BCUT2D eigenvalue weighted by Gasteiger charge is -2.26. The van der Waals surface area contributed by atoms with Gasteiger partial charge in [-0.3, -0.25) is 0 Å². The molecule has 2 rings (SSSR count). The molecule has 0 saturated heterocycles. The van der Waals surface area contributed by atoms with Crippen LogP contribution in [0.3, 0.4) is 0 Å². The van der Waals surface area contributed by atoms with Crippen molar-refractivity contribution in [3.05, 3.63) is 64.4 Å². The largest absolute Gasteiger partial charge is 0.249 e. The number of hydrogen-bond donors (Lipinski definition) is 0. The molecular formula is C14H14BrN. The Labute approximate surface area is 105 Å². The van der Waals surface area contributed by atoms with E-state index >= 15 is 0 Å². The third-order valence-electron chi connectivity index (χ3n) is 2.94. The molecule has 16 heavy (non-hydrogen) atoms. The Bertz CT molecular complexity index is 477. The average molecular weight is 276 g/mol. The van der Waals surface area contributed by atoms with Crippen LogP contribution in [0.2, 0.25) is 0 Å². The highest BCUT2D eigenvalue weighted by atomic mass is 79.9. The smallest absolute Gasteiger partial charge is 0.106 e. The molecule has 1 aromatic heterocycles. The van der Waals surface area contributed by atoms with E-state index in [-0.39, 0.29) is 5.41 Å². The SMILES string of the molecule is CC(C)(c1ccccc1)c1ccnc(Br)c1. The van der Waals surface area contributed by atoms with Crippen LogP contribution in [0.5, 0.6) is 0 Å². The van der Waals surface area contributed by atoms with Gasteiger partial charge < -0.3 is 0 Å². The first-order chi connectivity index (χ1) is 7.60. The monoisotopic (exact) mass is 275 g/mol. The summed E-state index contributed by atoms with van der Waals surface area (Å²) in [4.78, 5) is 4.16. The first-order valence-electron chi connectivity index (χ1n) is 5.28. The number of benzene rings is 1. The summed E-state index contributed by atoms with van der Waals surface area (Å²) in [6.45, 7) is 4.45. The Morgan fingerprint density at radius 3 is 2.31 bits per heavy atom. The minimum Gasteiger partial charge on any atom is -0.249 e. The highest BCUT2D eigenvalue weighted by Crippen LogP contribution is 2.31. The topological polar surface area (TPSA) is 12.9 Å². The molecule has 0 N–H and O–H groups in total. The molecule has 0 saturated carbocycles. The first-order valence-corrected chi connectivity index (χ1v) is 6.07. The van der Waals surface area contributed by atoms with Crippen LogP contribution in [0.1, 0.15) is 25.0 Å². The zero-order valence-corrected chi connectivity index (χ0v) is 11.0. The summed E-state index contributed by atoms with van der Waals surface area (Å²) < 4.78 is 0.883. The number of nitrogens with zero attached hydrogens (tertiary/aromatic N) is 1. The zero-order chi connectivity index (χ0) is 11.6. The van der Waals surface area contributed by atoms with Gasteiger partial charge in [-0.25, -0.2) is 4.98 Å². The number of rotatable bonds is 2. The predicted molar refractivity (Wildman–Crippen MR) is 70.5 cm³/mol. The van der Waals surface area contributed by atoms with Crippen molar-refractivity contribution in [2.24, 2.45) is 0 Å². The molecule has 0 aliphatic heterocycles. The molecule has 0 spiro atoms. The van der Waals surface area contributed by atoms with E-state index in [1.54, 1.807) is 0 Å². The van der Waals surface area contributed by atoms with Gasteiger partial charge in [0.1, 0.15) is 4.60 Å². The minimum absolute atomic E-state index is 0.00667. The minimum atomic E-state index is 0.00667. The molecule has 0 amide bonds. The highest BCUT2D eigenvalue weighted by Gasteiger charge is 2.22. The summed E-state index contributed by atoms with van der Waals surface area (Å²) in [5.41, 5.74) is 2.58. The molecule has 0 aliphatic rings. The van der Waals surface area contributed by atoms with E-state index in [0.29, 0.717) is 0 Å². The van der Waals surface area contributed by atoms with E-state index in [0.717, 1.165) is 4.60 Å². The summed E-state index contributed by atoms with van der Waals surface area (Å²) in [5, 5.41) is 0. The normalized spacial score (nSPS) is 11.4. The van der Waals surface area contributed by atoms with E-state index in [9.17, 15) is 0 Å². The molecule has 0 radical (unpaired) electrons. The van der Waals surface area contributed by atoms with Gasteiger partial charge in [0.05, 0.1) is 0 Å². The Kier molecular flexibility index (Phi) is 3.10. The fraction of sp³-hybridized carbons (Fsp3) is 0.214. The van der Waals surface area contributed by atoms with Crippen LogP contribution in [0.25, 0.3) is 0 Å². The molecule has 2 aromatic rings. The number of halogens is 1. The van der Waals surface area contributed by atoms with Crippen LogP contribution < -0.4 is 0 Å². The van der Waals surface area contributed by atoms with E-state index in [1.165, 1.54) is 11.1 Å². The van der Waals surface area contributed by atoms with Gasteiger partial charge in [0.25, 0.3) is 0 Å². The maximum absolute atomic E-state index is 4.16. The molecule has 1 nitrogen and oxygen atoms in total. The summed E-state index contributed by atoms with van der Waals surface area (Å²) in [7, 11) is 0. The van der Waals surface area contributed by atoms with Gasteiger partial charge in [0.2, 0.25) is 0 Å². The summed E-state index contributed by atoms with van der Waals surface area (Å²) >= 11 is 3.42. The number of aromatic nitrogens is 1. The lowest BCUT2D eigenvalue weighted by molar-refractivity contribution is 0.639. The Hall–Kier alpha value is -1.15. The number of pyridine rings is 1. The Balaban J connectivity index is 2.47. The van der Waals surface area contributed by atoms with Gasteiger partial charge in [-0.2, -0.15) is 0 Å². The van der Waals surface area contributed by atoms with Crippen molar-refractivity contribution >= 4 is 15.9 Å². The van der Waals surface area contributed by atoms with Gasteiger partial charge in [-0.05, 0) is 39.2 Å². The molecule has 1 heterocycles. The van der Waals surface area contributed by atoms with Crippen molar-refractivity contribution < 1.29 is 0 Å². The Morgan fingerprint density at radius 1 is 1.00 bits per heavy atom. The Morgan fingerprint density at radius 2 is 1.69 bits per heavy atom. The second-order valence-corrected chi connectivity index (χ2v) is 5.17. The van der Waals surface area contributed by atoms with E-state index in [2.05, 4.69) is 71.2 Å². The van der Waals surface area contributed by atoms with Gasteiger partial charge in [0, 0.05) is 11.6 Å². The van der Waals surface area contributed by atoms with Crippen molar-refractivity contribution in [1.29, 1.82) is 0 Å². The van der Waals surface area contributed by atoms with Crippen LogP contribution in [0.15, 0.2) is 53.3 Å². The standard InChI is InChI=1S/C14H14BrN/c1-14(2,11-6-4-3-5-7-11)12-8-9-16-13(15)10-12/h3-10H,1-2H3. The molecule has 2 heteroatoms. The van der Waals surface area contributed by atoms with Gasteiger partial charge in [-0.15, -0.1) is 0 Å². The third kappa shape index (κ3) is 2.17. The van der Waals surface area contributed by atoms with Crippen molar-refractivity contribution in [1.82, 2.24) is 4.98 Å². The molecule has 82 valence electrons. The van der Waals surface area contributed by atoms with E-state index in [1.807, 2.05) is 12.3 Å². The summed E-state index contributed by atoms with van der Waals surface area (Å²) in [5.74, 6) is 0. The van der Waals surface area contributed by atoms with Gasteiger partial charge in [-0.1, -0.05) is 44.2 Å². The highest BCUT2D eigenvalue weighted by molar-refractivity contribution is 9.10. The molecule has 0 bridgehead atoms. The molecular weight excluding hydrogens is 262 g/mol. The van der Waals surface area contributed by atoms with Gasteiger partial charge >= 0.3 is 0 Å². The molecule has 0 aliphatic carbocycles. The van der Waals surface area contributed by atoms with Crippen molar-refractivity contribution in [2.75, 3.05) is 0 Å². The summed E-state index contributed by atoms with van der Waals surface area (Å²) in [6, 6.07) is 14.7. The van der Waals surface area contributed by atoms with Crippen molar-refractivity contribution in [2.45, 2.75) is 19.3 Å². The lowest BCUT2D eigenvalue weighted by Crippen LogP contribution is -2.18. The fourth-order valence-electron chi connectivity index (χ4n) is 1.81. The van der Waals surface area contributed by atoms with E-state index < -0.39 is 0 Å². The second-order valence-electron chi connectivity index (χ2n) is 4.36. The summed E-state index contributed by atoms with van der Waals surface area (Å²) in [6.07, 6.45) is 1.84. The lowest BCUT2D eigenvalue weighted by atomic mass is 9.79. The predicted octanol–water partition coefficient (Wildman–Crippen LogP) is 4.17. The fourth-order valence-corrected chi connectivity index (χ4v) is 2.18. The van der Waals surface area contributed by atoms with Crippen LogP contribution in [-0.2, 0) is 5.41 Å². The average Bonchev–Trinajstić information content (AvgIpc) is 2.30. The van der Waals surface area contributed by atoms with Crippen LogP contribution in [-0.4, -0.2) is 4.98 Å². The maximum Gasteiger partial charge on any atom is 0.106 e. The second kappa shape index (κ2) is 4.38. The van der Waals surface area contributed by atoms with Crippen LogP contribution in [0.4, 0.5) is 0 Å². The van der Waals surface area contributed by atoms with Crippen LogP contribution >= 0.6 is 15.9 Å². The molecule has 0 fully saturated rings. The number of hydrogen-bond acceptors (Lipinski definition) is 1. The van der Waals surface area contributed by atoms with Crippen molar-refractivity contribution in [3.8, 4) is 0 Å². The zero-order valence-electron chi connectivity index (χ0n) is 9.44. The third-order valence-corrected chi connectivity index (χ3v) is 3.38. The molecule has 0 atom stereocenters. The maximum atomic E-state index is 4.16. The van der Waals surface area contributed by atoms with Gasteiger partial charge in [0.15, 0.2) is 0 Å². The first kappa shape index (κ1) is 11.3. The van der Waals surface area contributed by atoms with Crippen LogP contribution in [0, 0.1) is 0 Å². The van der Waals surface area contributed by atoms with Crippen molar-refractivity contribution in [3.63, 3.8) is 0 Å². The molecule has 1 aromatic carbocycles. The molecule has 0 unspecified atom stereocenters. The van der Waals surface area contributed by atoms with E-state index in [4.69, 9.17) is 0 Å². The quantitative estimate of drug-likeness (QED) is 0.750.